The van der Waals surface area contributed by atoms with Gasteiger partial charge < -0.3 is 14.7 Å². The molecule has 0 saturated heterocycles. The number of aryl methyl sites for hydroxylation is 1. The van der Waals surface area contributed by atoms with Gasteiger partial charge in [-0.2, -0.15) is 0 Å². The molecule has 2 aromatic rings. The van der Waals surface area contributed by atoms with Gasteiger partial charge >= 0.3 is 0 Å². The van der Waals surface area contributed by atoms with Crippen molar-refractivity contribution in [2.75, 3.05) is 0 Å². The Balaban J connectivity index is 1.57. The van der Waals surface area contributed by atoms with Crippen molar-refractivity contribution in [3.05, 3.63) is 47.5 Å². The van der Waals surface area contributed by atoms with Crippen LogP contribution in [0.1, 0.15) is 29.7 Å². The number of nitrogens with zero attached hydrogens (tertiary/aromatic N) is 4. The van der Waals surface area contributed by atoms with Crippen molar-refractivity contribution >= 4 is 11.6 Å². The van der Waals surface area contributed by atoms with Crippen molar-refractivity contribution in [1.82, 2.24) is 20.1 Å². The van der Waals surface area contributed by atoms with Crippen LogP contribution in [0.15, 0.2) is 35.5 Å². The van der Waals surface area contributed by atoms with Crippen LogP contribution in [0, 0.1) is 6.92 Å². The molecule has 114 valence electrons. The van der Waals surface area contributed by atoms with Crippen LogP contribution in [-0.2, 0) is 23.2 Å². The molecule has 1 N–H and O–H groups in total. The minimum Gasteiger partial charge on any atom is -0.387 e. The van der Waals surface area contributed by atoms with Gasteiger partial charge in [0.15, 0.2) is 11.9 Å². The number of amides is 1. The quantitative estimate of drug-likeness (QED) is 0.921. The zero-order valence-electron chi connectivity index (χ0n) is 12.5. The molecule has 0 radical (unpaired) electrons. The zero-order valence-corrected chi connectivity index (χ0v) is 12.5. The Kier molecular flexibility index (Phi) is 3.86. The SMILES string of the molecule is Cc1nnc(CNC(=O)C2=NO[C@@H](c3ccccc3)C2)n1C. The van der Waals surface area contributed by atoms with Gasteiger partial charge in [-0.25, -0.2) is 0 Å². The number of carbonyl (C=O) groups excluding carboxylic acids is 1. The molecule has 0 aliphatic carbocycles. The van der Waals surface area contributed by atoms with Crippen molar-refractivity contribution in [2.24, 2.45) is 12.2 Å². The van der Waals surface area contributed by atoms with Gasteiger partial charge in [0.25, 0.3) is 5.91 Å². The fraction of sp³-hybridized carbons (Fsp3) is 0.333. The second-order valence-electron chi connectivity index (χ2n) is 5.15. The Bertz CT molecular complexity index is 708. The Labute approximate surface area is 128 Å². The van der Waals surface area contributed by atoms with E-state index in [9.17, 15) is 4.79 Å². The summed E-state index contributed by atoms with van der Waals surface area (Å²) in [5, 5.41) is 14.6. The maximum atomic E-state index is 12.1. The smallest absolute Gasteiger partial charge is 0.269 e. The van der Waals surface area contributed by atoms with Crippen molar-refractivity contribution in [2.45, 2.75) is 26.0 Å². The minimum atomic E-state index is -0.237. The molecule has 22 heavy (non-hydrogen) atoms. The highest BCUT2D eigenvalue weighted by Gasteiger charge is 2.27. The highest BCUT2D eigenvalue weighted by atomic mass is 16.6. The number of rotatable bonds is 4. The highest BCUT2D eigenvalue weighted by Crippen LogP contribution is 2.26. The maximum Gasteiger partial charge on any atom is 0.269 e. The fourth-order valence-corrected chi connectivity index (χ4v) is 2.22. The van der Waals surface area contributed by atoms with E-state index in [4.69, 9.17) is 4.84 Å². The lowest BCUT2D eigenvalue weighted by Gasteiger charge is -2.07. The standard InChI is InChI=1S/C15H17N5O2/c1-10-17-18-14(20(10)2)9-16-15(21)12-8-13(22-19-12)11-6-4-3-5-7-11/h3-7,13H,8-9H2,1-2H3,(H,16,21)/t13-/m1/s1. The summed E-state index contributed by atoms with van der Waals surface area (Å²) in [5.74, 6) is 1.26. The van der Waals surface area contributed by atoms with E-state index in [2.05, 4.69) is 20.7 Å². The molecule has 0 spiro atoms. The topological polar surface area (TPSA) is 81.4 Å². The Hall–Kier alpha value is -2.70. The van der Waals surface area contributed by atoms with Crippen LogP contribution in [0.25, 0.3) is 0 Å². The van der Waals surface area contributed by atoms with Crippen molar-refractivity contribution in [3.8, 4) is 0 Å². The second kappa shape index (κ2) is 5.97. The van der Waals surface area contributed by atoms with E-state index in [-0.39, 0.29) is 12.0 Å². The molecule has 1 amide bonds. The van der Waals surface area contributed by atoms with E-state index >= 15 is 0 Å². The van der Waals surface area contributed by atoms with E-state index in [1.807, 2.05) is 48.9 Å². The van der Waals surface area contributed by atoms with E-state index in [0.29, 0.717) is 24.5 Å². The third-order valence-electron chi connectivity index (χ3n) is 3.69. The van der Waals surface area contributed by atoms with Gasteiger partial charge in [-0.3, -0.25) is 4.79 Å². The van der Waals surface area contributed by atoms with Crippen LogP contribution in [0.5, 0.6) is 0 Å². The summed E-state index contributed by atoms with van der Waals surface area (Å²) in [5.41, 5.74) is 1.41. The summed E-state index contributed by atoms with van der Waals surface area (Å²) >= 11 is 0. The molecule has 0 unspecified atom stereocenters. The maximum absolute atomic E-state index is 12.1. The Morgan fingerprint density at radius 2 is 2.14 bits per heavy atom. The second-order valence-corrected chi connectivity index (χ2v) is 5.15. The zero-order chi connectivity index (χ0) is 15.5. The average Bonchev–Trinajstić information content (AvgIpc) is 3.15. The van der Waals surface area contributed by atoms with E-state index in [0.717, 1.165) is 11.4 Å². The van der Waals surface area contributed by atoms with Gasteiger partial charge in [0.2, 0.25) is 0 Å². The average molecular weight is 299 g/mol. The summed E-state index contributed by atoms with van der Waals surface area (Å²) in [7, 11) is 1.86. The first-order valence-corrected chi connectivity index (χ1v) is 7.06. The van der Waals surface area contributed by atoms with Crippen LogP contribution >= 0.6 is 0 Å². The van der Waals surface area contributed by atoms with Crippen LogP contribution in [0.3, 0.4) is 0 Å². The molecule has 2 heterocycles. The summed E-state index contributed by atoms with van der Waals surface area (Å²) in [6.07, 6.45) is 0.271. The fourth-order valence-electron chi connectivity index (χ4n) is 2.22. The van der Waals surface area contributed by atoms with Gasteiger partial charge in [-0.15, -0.1) is 10.2 Å². The first kappa shape index (κ1) is 14.2. The predicted molar refractivity (Wildman–Crippen MR) is 79.9 cm³/mol. The lowest BCUT2D eigenvalue weighted by molar-refractivity contribution is -0.115. The number of carbonyl (C=O) groups is 1. The van der Waals surface area contributed by atoms with Crippen LogP contribution in [0.2, 0.25) is 0 Å². The molecule has 0 bridgehead atoms. The Morgan fingerprint density at radius 3 is 2.82 bits per heavy atom. The highest BCUT2D eigenvalue weighted by molar-refractivity contribution is 6.39. The third kappa shape index (κ3) is 2.83. The largest absolute Gasteiger partial charge is 0.387 e. The molecule has 1 aromatic heterocycles. The number of hydrogen-bond acceptors (Lipinski definition) is 5. The van der Waals surface area contributed by atoms with E-state index < -0.39 is 0 Å². The molecule has 3 rings (SSSR count). The van der Waals surface area contributed by atoms with Gasteiger partial charge in [-0.1, -0.05) is 35.5 Å². The lowest BCUT2D eigenvalue weighted by atomic mass is 10.0. The van der Waals surface area contributed by atoms with Crippen molar-refractivity contribution < 1.29 is 9.63 Å². The number of hydrogen-bond donors (Lipinski definition) is 1. The lowest BCUT2D eigenvalue weighted by Crippen LogP contribution is -2.30. The minimum absolute atomic E-state index is 0.195. The van der Waals surface area contributed by atoms with Gasteiger partial charge in [0.05, 0.1) is 6.54 Å². The van der Waals surface area contributed by atoms with Crippen LogP contribution in [-0.4, -0.2) is 26.4 Å². The summed E-state index contributed by atoms with van der Waals surface area (Å²) in [4.78, 5) is 17.5. The summed E-state index contributed by atoms with van der Waals surface area (Å²) in [6.45, 7) is 2.17. The molecule has 1 aliphatic rings. The predicted octanol–water partition coefficient (Wildman–Crippen LogP) is 1.26. The molecule has 0 saturated carbocycles. The number of nitrogens with one attached hydrogen (secondary N) is 1. The first-order chi connectivity index (χ1) is 10.6. The van der Waals surface area contributed by atoms with Crippen molar-refractivity contribution in [1.29, 1.82) is 0 Å². The number of aromatic nitrogens is 3. The monoisotopic (exact) mass is 299 g/mol. The van der Waals surface area contributed by atoms with Gasteiger partial charge in [-0.05, 0) is 12.5 Å². The normalized spacial score (nSPS) is 17.0. The number of oxime groups is 1. The van der Waals surface area contributed by atoms with Gasteiger partial charge in [0.1, 0.15) is 11.5 Å². The van der Waals surface area contributed by atoms with Crippen LogP contribution < -0.4 is 5.32 Å². The molecule has 7 heteroatoms. The van der Waals surface area contributed by atoms with Crippen molar-refractivity contribution in [3.63, 3.8) is 0 Å². The molecule has 7 nitrogen and oxygen atoms in total. The molecule has 1 aromatic carbocycles. The molecule has 1 aliphatic heterocycles. The summed E-state index contributed by atoms with van der Waals surface area (Å²) < 4.78 is 1.83. The third-order valence-corrected chi connectivity index (χ3v) is 3.69. The molecule has 1 atom stereocenters. The first-order valence-electron chi connectivity index (χ1n) is 7.06. The molecular weight excluding hydrogens is 282 g/mol. The van der Waals surface area contributed by atoms with Gasteiger partial charge in [0, 0.05) is 13.5 Å². The summed E-state index contributed by atoms with van der Waals surface area (Å²) in [6, 6.07) is 9.74. The number of benzene rings is 1. The Morgan fingerprint density at radius 1 is 1.36 bits per heavy atom. The van der Waals surface area contributed by atoms with E-state index in [1.54, 1.807) is 0 Å². The van der Waals surface area contributed by atoms with Crippen LogP contribution in [0.4, 0.5) is 0 Å². The van der Waals surface area contributed by atoms with E-state index in [1.165, 1.54) is 0 Å². The molecule has 0 fully saturated rings. The molecular formula is C15H17N5O2.